The minimum atomic E-state index is -0.195. The quantitative estimate of drug-likeness (QED) is 0.914. The third-order valence-electron chi connectivity index (χ3n) is 3.57. The van der Waals surface area contributed by atoms with Crippen LogP contribution in [0, 0.1) is 0 Å². The maximum atomic E-state index is 12.3. The van der Waals surface area contributed by atoms with Crippen molar-refractivity contribution in [2.75, 3.05) is 13.2 Å². The van der Waals surface area contributed by atoms with Crippen LogP contribution in [0.2, 0.25) is 5.02 Å². The van der Waals surface area contributed by atoms with Crippen LogP contribution in [-0.2, 0) is 11.3 Å². The first-order valence-corrected chi connectivity index (χ1v) is 7.82. The van der Waals surface area contributed by atoms with Crippen molar-refractivity contribution in [2.24, 2.45) is 0 Å². The number of carbonyl (C=O) groups is 1. The molecule has 1 saturated heterocycles. The van der Waals surface area contributed by atoms with Crippen molar-refractivity contribution in [3.05, 3.63) is 58.7 Å². The zero-order valence-corrected chi connectivity index (χ0v) is 13.3. The lowest BCUT2D eigenvalue weighted by atomic mass is 10.2. The average molecular weight is 333 g/mol. The lowest BCUT2D eigenvalue weighted by molar-refractivity contribution is 0.0949. The molecule has 0 aliphatic carbocycles. The number of amides is 1. The number of halogens is 1. The number of rotatable bonds is 5. The van der Waals surface area contributed by atoms with Crippen molar-refractivity contribution < 1.29 is 14.3 Å². The van der Waals surface area contributed by atoms with E-state index >= 15 is 0 Å². The van der Waals surface area contributed by atoms with Crippen LogP contribution in [0.15, 0.2) is 42.6 Å². The monoisotopic (exact) mass is 332 g/mol. The fourth-order valence-corrected chi connectivity index (χ4v) is 2.51. The van der Waals surface area contributed by atoms with E-state index in [2.05, 4.69) is 10.3 Å². The highest BCUT2D eigenvalue weighted by atomic mass is 35.5. The SMILES string of the molecule is O=C(NCc1ccccc1Cl)c1ccnc(O[C@@H]2CCOC2)c1. The van der Waals surface area contributed by atoms with Gasteiger partial charge in [0.05, 0.1) is 13.2 Å². The van der Waals surface area contributed by atoms with Crippen LogP contribution in [0.25, 0.3) is 0 Å². The second-order valence-electron chi connectivity index (χ2n) is 5.26. The fraction of sp³-hybridized carbons (Fsp3) is 0.294. The van der Waals surface area contributed by atoms with Crippen molar-refractivity contribution in [2.45, 2.75) is 19.1 Å². The van der Waals surface area contributed by atoms with Crippen LogP contribution in [-0.4, -0.2) is 30.2 Å². The third-order valence-corrected chi connectivity index (χ3v) is 3.94. The molecule has 0 bridgehead atoms. The molecule has 1 fully saturated rings. The van der Waals surface area contributed by atoms with E-state index in [1.165, 1.54) is 0 Å². The van der Waals surface area contributed by atoms with Crippen LogP contribution in [0.5, 0.6) is 5.88 Å². The van der Waals surface area contributed by atoms with E-state index in [4.69, 9.17) is 21.1 Å². The Kier molecular flexibility index (Phi) is 5.10. The van der Waals surface area contributed by atoms with E-state index in [9.17, 15) is 4.79 Å². The molecule has 1 aliphatic heterocycles. The van der Waals surface area contributed by atoms with Gasteiger partial charge in [-0.2, -0.15) is 0 Å². The summed E-state index contributed by atoms with van der Waals surface area (Å²) in [6, 6.07) is 10.7. The normalized spacial score (nSPS) is 17.0. The number of benzene rings is 1. The molecule has 120 valence electrons. The molecule has 0 radical (unpaired) electrons. The van der Waals surface area contributed by atoms with Crippen molar-refractivity contribution in [1.29, 1.82) is 0 Å². The third kappa shape index (κ3) is 4.21. The molecule has 1 aromatic heterocycles. The van der Waals surface area contributed by atoms with Gasteiger partial charge in [0.1, 0.15) is 6.10 Å². The summed E-state index contributed by atoms with van der Waals surface area (Å²) in [7, 11) is 0. The number of carbonyl (C=O) groups excluding carboxylic acids is 1. The van der Waals surface area contributed by atoms with Crippen molar-refractivity contribution >= 4 is 17.5 Å². The summed E-state index contributed by atoms with van der Waals surface area (Å²) in [5.74, 6) is 0.241. The van der Waals surface area contributed by atoms with E-state index in [1.54, 1.807) is 24.4 Å². The molecule has 2 aromatic rings. The van der Waals surface area contributed by atoms with Gasteiger partial charge >= 0.3 is 0 Å². The first-order chi connectivity index (χ1) is 11.2. The molecule has 1 atom stereocenters. The highest BCUT2D eigenvalue weighted by Gasteiger charge is 2.18. The van der Waals surface area contributed by atoms with Crippen LogP contribution in [0.1, 0.15) is 22.3 Å². The van der Waals surface area contributed by atoms with E-state index in [0.29, 0.717) is 36.2 Å². The molecule has 3 rings (SSSR count). The molecule has 1 aliphatic rings. The standard InChI is InChI=1S/C17H17ClN2O3/c18-15-4-2-1-3-13(15)10-20-17(21)12-5-7-19-16(9-12)23-14-6-8-22-11-14/h1-5,7,9,14H,6,8,10-11H2,(H,20,21)/t14-/m1/s1. The maximum Gasteiger partial charge on any atom is 0.251 e. The van der Waals surface area contributed by atoms with Crippen molar-refractivity contribution in [3.8, 4) is 5.88 Å². The first-order valence-electron chi connectivity index (χ1n) is 7.44. The molecule has 6 heteroatoms. The summed E-state index contributed by atoms with van der Waals surface area (Å²) in [4.78, 5) is 16.4. The molecule has 0 saturated carbocycles. The number of ether oxygens (including phenoxy) is 2. The van der Waals surface area contributed by atoms with E-state index in [0.717, 1.165) is 12.0 Å². The lowest BCUT2D eigenvalue weighted by Gasteiger charge is -2.12. The average Bonchev–Trinajstić information content (AvgIpc) is 3.07. The highest BCUT2D eigenvalue weighted by Crippen LogP contribution is 2.17. The zero-order chi connectivity index (χ0) is 16.1. The molecule has 1 N–H and O–H groups in total. The van der Waals surface area contributed by atoms with Gasteiger partial charge in [0.25, 0.3) is 5.91 Å². The molecule has 5 nitrogen and oxygen atoms in total. The molecule has 2 heterocycles. The molecular formula is C17H17ClN2O3. The Morgan fingerprint density at radius 1 is 1.39 bits per heavy atom. The van der Waals surface area contributed by atoms with Gasteiger partial charge in [-0.1, -0.05) is 29.8 Å². The predicted octanol–water partition coefficient (Wildman–Crippen LogP) is 2.83. The van der Waals surface area contributed by atoms with Crippen LogP contribution >= 0.6 is 11.6 Å². The van der Waals surface area contributed by atoms with Crippen LogP contribution in [0.3, 0.4) is 0 Å². The van der Waals surface area contributed by atoms with Gasteiger partial charge in [0.2, 0.25) is 5.88 Å². The van der Waals surface area contributed by atoms with Crippen molar-refractivity contribution in [1.82, 2.24) is 10.3 Å². The summed E-state index contributed by atoms with van der Waals surface area (Å²) in [6.45, 7) is 1.63. The molecule has 0 unspecified atom stereocenters. The summed E-state index contributed by atoms with van der Waals surface area (Å²) < 4.78 is 11.0. The summed E-state index contributed by atoms with van der Waals surface area (Å²) in [5.41, 5.74) is 1.37. The number of pyridine rings is 1. The van der Waals surface area contributed by atoms with Gasteiger partial charge < -0.3 is 14.8 Å². The van der Waals surface area contributed by atoms with Crippen LogP contribution < -0.4 is 10.1 Å². The second kappa shape index (κ2) is 7.44. The minimum Gasteiger partial charge on any atom is -0.472 e. The largest absolute Gasteiger partial charge is 0.472 e. The predicted molar refractivity (Wildman–Crippen MR) is 86.7 cm³/mol. The Labute approximate surface area is 139 Å². The van der Waals surface area contributed by atoms with Gasteiger partial charge in [0, 0.05) is 35.8 Å². The highest BCUT2D eigenvalue weighted by molar-refractivity contribution is 6.31. The van der Waals surface area contributed by atoms with Gasteiger partial charge in [-0.25, -0.2) is 4.98 Å². The Morgan fingerprint density at radius 3 is 3.04 bits per heavy atom. The molecule has 1 aromatic carbocycles. The van der Waals surface area contributed by atoms with Gasteiger partial charge in [0.15, 0.2) is 0 Å². The fourth-order valence-electron chi connectivity index (χ4n) is 2.31. The summed E-state index contributed by atoms with van der Waals surface area (Å²) in [6.07, 6.45) is 2.41. The number of nitrogens with zero attached hydrogens (tertiary/aromatic N) is 1. The topological polar surface area (TPSA) is 60.5 Å². The molecular weight excluding hydrogens is 316 g/mol. The summed E-state index contributed by atoms with van der Waals surface area (Å²) in [5, 5.41) is 3.48. The Bertz CT molecular complexity index is 687. The number of hydrogen-bond acceptors (Lipinski definition) is 4. The smallest absolute Gasteiger partial charge is 0.251 e. The van der Waals surface area contributed by atoms with Crippen LogP contribution in [0.4, 0.5) is 0 Å². The summed E-state index contributed by atoms with van der Waals surface area (Å²) >= 11 is 6.08. The number of aromatic nitrogens is 1. The van der Waals surface area contributed by atoms with E-state index in [1.807, 2.05) is 18.2 Å². The number of hydrogen-bond donors (Lipinski definition) is 1. The van der Waals surface area contributed by atoms with Crippen molar-refractivity contribution in [3.63, 3.8) is 0 Å². The Balaban J connectivity index is 1.61. The lowest BCUT2D eigenvalue weighted by Crippen LogP contribution is -2.23. The molecule has 23 heavy (non-hydrogen) atoms. The van der Waals surface area contributed by atoms with E-state index in [-0.39, 0.29) is 12.0 Å². The Morgan fingerprint density at radius 2 is 2.26 bits per heavy atom. The van der Waals surface area contributed by atoms with E-state index < -0.39 is 0 Å². The second-order valence-corrected chi connectivity index (χ2v) is 5.67. The van der Waals surface area contributed by atoms with Gasteiger partial charge in [-0.15, -0.1) is 0 Å². The maximum absolute atomic E-state index is 12.3. The first kappa shape index (κ1) is 15.8. The van der Waals surface area contributed by atoms with Gasteiger partial charge in [-0.3, -0.25) is 4.79 Å². The zero-order valence-electron chi connectivity index (χ0n) is 12.5. The molecule has 0 spiro atoms. The molecule has 1 amide bonds. The Hall–Kier alpha value is -2.11. The van der Waals surface area contributed by atoms with Gasteiger partial charge in [-0.05, 0) is 17.7 Å². The minimum absolute atomic E-state index is 0.00364. The number of nitrogens with one attached hydrogen (secondary N) is 1.